The van der Waals surface area contributed by atoms with Crippen molar-refractivity contribution >= 4 is 11.6 Å². The summed E-state index contributed by atoms with van der Waals surface area (Å²) in [6, 6.07) is 5.46. The van der Waals surface area contributed by atoms with Crippen molar-refractivity contribution in [1.29, 1.82) is 0 Å². The summed E-state index contributed by atoms with van der Waals surface area (Å²) in [6.45, 7) is 1.83. The van der Waals surface area contributed by atoms with E-state index in [1.54, 1.807) is 14.2 Å². The smallest absolute Gasteiger partial charge is 0.230 e. The minimum Gasteiger partial charge on any atom is -0.497 e. The highest BCUT2D eigenvalue weighted by Crippen LogP contribution is 2.33. The number of hydrogen-bond acceptors (Lipinski definition) is 4. The van der Waals surface area contributed by atoms with Crippen LogP contribution in [0, 0.1) is 6.92 Å². The van der Waals surface area contributed by atoms with Crippen LogP contribution in [-0.4, -0.2) is 19.2 Å². The van der Waals surface area contributed by atoms with Crippen LogP contribution in [0.25, 0.3) is 11.5 Å². The monoisotopic (exact) mass is 267 g/mol. The zero-order chi connectivity index (χ0) is 13.1. The number of rotatable bonds is 4. The van der Waals surface area contributed by atoms with Crippen LogP contribution in [0.4, 0.5) is 0 Å². The van der Waals surface area contributed by atoms with Gasteiger partial charge in [-0.3, -0.25) is 0 Å². The van der Waals surface area contributed by atoms with Crippen LogP contribution in [0.1, 0.15) is 11.5 Å². The fourth-order valence-electron chi connectivity index (χ4n) is 1.65. The summed E-state index contributed by atoms with van der Waals surface area (Å²) < 4.78 is 16.1. The molecule has 1 aromatic heterocycles. The minimum atomic E-state index is 0.321. The Balaban J connectivity index is 2.53. The fraction of sp³-hybridized carbons (Fsp3) is 0.308. The maximum absolute atomic E-state index is 5.79. The van der Waals surface area contributed by atoms with Gasteiger partial charge in [0.05, 0.1) is 31.4 Å². The second-order valence-electron chi connectivity index (χ2n) is 3.72. The molecule has 0 spiro atoms. The van der Waals surface area contributed by atoms with Gasteiger partial charge in [-0.15, -0.1) is 11.6 Å². The minimum absolute atomic E-state index is 0.321. The maximum Gasteiger partial charge on any atom is 0.230 e. The fourth-order valence-corrected chi connectivity index (χ4v) is 1.90. The van der Waals surface area contributed by atoms with Crippen LogP contribution in [0.15, 0.2) is 22.6 Å². The number of halogens is 1. The van der Waals surface area contributed by atoms with Crippen molar-refractivity contribution in [3.05, 3.63) is 29.7 Å². The van der Waals surface area contributed by atoms with Gasteiger partial charge in [-0.25, -0.2) is 4.98 Å². The molecule has 0 atom stereocenters. The number of methoxy groups -OCH3 is 2. The zero-order valence-electron chi connectivity index (χ0n) is 10.5. The first-order valence-corrected chi connectivity index (χ1v) is 5.97. The van der Waals surface area contributed by atoms with Crippen LogP contribution in [0.5, 0.6) is 11.5 Å². The molecule has 0 amide bonds. The van der Waals surface area contributed by atoms with E-state index in [0.717, 1.165) is 11.3 Å². The second kappa shape index (κ2) is 5.31. The highest BCUT2D eigenvalue weighted by Gasteiger charge is 2.15. The molecule has 18 heavy (non-hydrogen) atoms. The third-order valence-corrected chi connectivity index (χ3v) is 2.91. The number of benzene rings is 1. The third kappa shape index (κ3) is 2.29. The lowest BCUT2D eigenvalue weighted by Crippen LogP contribution is -1.90. The van der Waals surface area contributed by atoms with Gasteiger partial charge in [-0.05, 0) is 25.1 Å². The van der Waals surface area contributed by atoms with Crippen LogP contribution in [0.3, 0.4) is 0 Å². The molecular formula is C13H14ClNO3. The van der Waals surface area contributed by atoms with E-state index < -0.39 is 0 Å². The normalized spacial score (nSPS) is 10.4. The molecule has 0 unspecified atom stereocenters. The molecule has 5 heteroatoms. The van der Waals surface area contributed by atoms with Crippen LogP contribution >= 0.6 is 11.6 Å². The van der Waals surface area contributed by atoms with E-state index >= 15 is 0 Å². The van der Waals surface area contributed by atoms with E-state index in [4.69, 9.17) is 25.5 Å². The molecule has 0 radical (unpaired) electrons. The number of hydrogen-bond donors (Lipinski definition) is 0. The van der Waals surface area contributed by atoms with Crippen LogP contribution in [-0.2, 0) is 5.88 Å². The quantitative estimate of drug-likeness (QED) is 0.797. The summed E-state index contributed by atoms with van der Waals surface area (Å²) >= 11 is 5.79. The summed E-state index contributed by atoms with van der Waals surface area (Å²) in [5.41, 5.74) is 1.48. The van der Waals surface area contributed by atoms with E-state index in [-0.39, 0.29) is 0 Å². The number of oxazole rings is 1. The van der Waals surface area contributed by atoms with Crippen molar-refractivity contribution in [2.75, 3.05) is 14.2 Å². The molecule has 1 aromatic carbocycles. The summed E-state index contributed by atoms with van der Waals surface area (Å²) in [7, 11) is 3.21. The van der Waals surface area contributed by atoms with Crippen molar-refractivity contribution < 1.29 is 13.9 Å². The first kappa shape index (κ1) is 12.8. The summed E-state index contributed by atoms with van der Waals surface area (Å²) in [5, 5.41) is 0. The number of ether oxygens (including phenoxy) is 2. The lowest BCUT2D eigenvalue weighted by Gasteiger charge is -2.07. The maximum atomic E-state index is 5.79. The molecule has 2 aromatic rings. The molecule has 96 valence electrons. The Bertz CT molecular complexity index is 551. The Kier molecular flexibility index (Phi) is 3.77. The van der Waals surface area contributed by atoms with Gasteiger partial charge in [-0.1, -0.05) is 0 Å². The molecule has 0 saturated carbocycles. The molecule has 0 bridgehead atoms. The summed E-state index contributed by atoms with van der Waals surface area (Å²) in [5.74, 6) is 2.91. The van der Waals surface area contributed by atoms with Gasteiger partial charge in [0.2, 0.25) is 5.89 Å². The van der Waals surface area contributed by atoms with Crippen molar-refractivity contribution in [1.82, 2.24) is 4.98 Å². The Labute approximate surface area is 110 Å². The van der Waals surface area contributed by atoms with E-state index in [9.17, 15) is 0 Å². The van der Waals surface area contributed by atoms with E-state index in [1.807, 2.05) is 25.1 Å². The van der Waals surface area contributed by atoms with Gasteiger partial charge in [0.25, 0.3) is 0 Å². The van der Waals surface area contributed by atoms with Gasteiger partial charge in [-0.2, -0.15) is 0 Å². The van der Waals surface area contributed by atoms with Crippen LogP contribution in [0.2, 0.25) is 0 Å². The van der Waals surface area contributed by atoms with Crippen molar-refractivity contribution in [3.63, 3.8) is 0 Å². The molecule has 0 aliphatic rings. The Hall–Kier alpha value is -1.68. The van der Waals surface area contributed by atoms with Crippen molar-refractivity contribution in [3.8, 4) is 23.0 Å². The lowest BCUT2D eigenvalue weighted by molar-refractivity contribution is 0.402. The van der Waals surface area contributed by atoms with E-state index in [1.165, 1.54) is 0 Å². The van der Waals surface area contributed by atoms with Crippen molar-refractivity contribution in [2.24, 2.45) is 0 Å². The summed E-state index contributed by atoms with van der Waals surface area (Å²) in [4.78, 5) is 4.35. The molecular weight excluding hydrogens is 254 g/mol. The molecule has 4 nitrogen and oxygen atoms in total. The Morgan fingerprint density at radius 3 is 2.61 bits per heavy atom. The average Bonchev–Trinajstić information content (AvgIpc) is 2.79. The second-order valence-corrected chi connectivity index (χ2v) is 3.99. The predicted octanol–water partition coefficient (Wildman–Crippen LogP) is 3.41. The number of nitrogens with zero attached hydrogens (tertiary/aromatic N) is 1. The molecule has 0 aliphatic heterocycles. The molecule has 0 aliphatic carbocycles. The predicted molar refractivity (Wildman–Crippen MR) is 69.3 cm³/mol. The van der Waals surface area contributed by atoms with Gasteiger partial charge in [0.15, 0.2) is 0 Å². The number of aryl methyl sites for hydroxylation is 1. The molecule has 0 saturated heterocycles. The molecule has 0 N–H and O–H groups in total. The van der Waals surface area contributed by atoms with E-state index in [2.05, 4.69) is 4.98 Å². The van der Waals surface area contributed by atoms with Gasteiger partial charge < -0.3 is 13.9 Å². The van der Waals surface area contributed by atoms with E-state index in [0.29, 0.717) is 29.0 Å². The topological polar surface area (TPSA) is 44.5 Å². The third-order valence-electron chi connectivity index (χ3n) is 2.66. The summed E-state index contributed by atoms with van der Waals surface area (Å²) in [6.07, 6.45) is 0. The van der Waals surface area contributed by atoms with Crippen molar-refractivity contribution in [2.45, 2.75) is 12.8 Å². The Morgan fingerprint density at radius 1 is 1.28 bits per heavy atom. The Morgan fingerprint density at radius 2 is 2.06 bits per heavy atom. The number of alkyl halides is 1. The first-order valence-electron chi connectivity index (χ1n) is 5.44. The van der Waals surface area contributed by atoms with Crippen LogP contribution < -0.4 is 9.47 Å². The SMILES string of the molecule is COc1ccc(OC)c(-c2nc(CCl)c(C)o2)c1. The zero-order valence-corrected chi connectivity index (χ0v) is 11.2. The largest absolute Gasteiger partial charge is 0.497 e. The average molecular weight is 268 g/mol. The standard InChI is InChI=1S/C13H14ClNO3/c1-8-11(7-14)15-13(18-8)10-6-9(16-2)4-5-12(10)17-3/h4-6H,7H2,1-3H3. The molecule has 1 heterocycles. The van der Waals surface area contributed by atoms with Gasteiger partial charge in [0, 0.05) is 0 Å². The van der Waals surface area contributed by atoms with Gasteiger partial charge in [0.1, 0.15) is 17.3 Å². The highest BCUT2D eigenvalue weighted by atomic mass is 35.5. The molecule has 0 fully saturated rings. The number of aromatic nitrogens is 1. The lowest BCUT2D eigenvalue weighted by atomic mass is 10.2. The first-order chi connectivity index (χ1) is 8.69. The van der Waals surface area contributed by atoms with Gasteiger partial charge >= 0.3 is 0 Å². The molecule has 2 rings (SSSR count). The highest BCUT2D eigenvalue weighted by molar-refractivity contribution is 6.17.